The zero-order valence-corrected chi connectivity index (χ0v) is 21.7. The van der Waals surface area contributed by atoms with Crippen molar-refractivity contribution in [3.05, 3.63) is 12.7 Å². The lowest BCUT2D eigenvalue weighted by Gasteiger charge is -2.11. The SMILES string of the molecule is C=C[C@@H](C)CCCCCCC[C@H](C)CCCCCCCCCCCCCCCCC. The van der Waals surface area contributed by atoms with Crippen LogP contribution in [0.25, 0.3) is 0 Å². The van der Waals surface area contributed by atoms with Crippen LogP contribution in [-0.2, 0) is 0 Å². The van der Waals surface area contributed by atoms with Crippen molar-refractivity contribution in [2.45, 2.75) is 168 Å². The van der Waals surface area contributed by atoms with Gasteiger partial charge in [-0.05, 0) is 18.3 Å². The fourth-order valence-electron chi connectivity index (χ4n) is 4.62. The molecule has 0 aliphatic rings. The molecule has 0 bridgehead atoms. The molecule has 0 aliphatic heterocycles. The molecule has 0 heterocycles. The monoisotopic (exact) mass is 420 g/mol. The van der Waals surface area contributed by atoms with Crippen LogP contribution in [0.3, 0.4) is 0 Å². The molecule has 0 spiro atoms. The van der Waals surface area contributed by atoms with Crippen molar-refractivity contribution >= 4 is 0 Å². The maximum atomic E-state index is 3.88. The average molecular weight is 421 g/mol. The van der Waals surface area contributed by atoms with Gasteiger partial charge in [0.15, 0.2) is 0 Å². The molecule has 0 fully saturated rings. The Morgan fingerprint density at radius 3 is 1.10 bits per heavy atom. The molecule has 0 aliphatic carbocycles. The molecule has 0 heteroatoms. The van der Waals surface area contributed by atoms with E-state index < -0.39 is 0 Å². The Morgan fingerprint density at radius 2 is 0.767 bits per heavy atom. The normalized spacial score (nSPS) is 13.4. The Bertz CT molecular complexity index is 318. The van der Waals surface area contributed by atoms with Gasteiger partial charge in [-0.3, -0.25) is 0 Å². The number of hydrogen-bond donors (Lipinski definition) is 0. The van der Waals surface area contributed by atoms with E-state index in [4.69, 9.17) is 0 Å². The molecule has 0 aromatic rings. The number of unbranched alkanes of at least 4 members (excludes halogenated alkanes) is 18. The third-order valence-corrected chi connectivity index (χ3v) is 7.06. The van der Waals surface area contributed by atoms with Crippen LogP contribution in [0, 0.1) is 11.8 Å². The van der Waals surface area contributed by atoms with Crippen molar-refractivity contribution in [3.8, 4) is 0 Å². The second kappa shape index (κ2) is 25.0. The van der Waals surface area contributed by atoms with E-state index in [1.807, 2.05) is 0 Å². The van der Waals surface area contributed by atoms with E-state index in [2.05, 4.69) is 33.4 Å². The largest absolute Gasteiger partial charge is 0.103 e. The van der Waals surface area contributed by atoms with Gasteiger partial charge in [0.2, 0.25) is 0 Å². The van der Waals surface area contributed by atoms with E-state index in [0.29, 0.717) is 5.92 Å². The Labute approximate surface area is 193 Å². The fraction of sp³-hybridized carbons (Fsp3) is 0.933. The third kappa shape index (κ3) is 24.0. The Hall–Kier alpha value is -0.260. The van der Waals surface area contributed by atoms with E-state index >= 15 is 0 Å². The molecule has 0 nitrogen and oxygen atoms in total. The first kappa shape index (κ1) is 29.7. The van der Waals surface area contributed by atoms with Crippen LogP contribution in [0.15, 0.2) is 12.7 Å². The molecule has 2 atom stereocenters. The van der Waals surface area contributed by atoms with E-state index in [1.54, 1.807) is 0 Å². The van der Waals surface area contributed by atoms with Gasteiger partial charge in [0.05, 0.1) is 0 Å². The summed E-state index contributed by atoms with van der Waals surface area (Å²) in [6.07, 6.45) is 35.6. The van der Waals surface area contributed by atoms with E-state index in [0.717, 1.165) is 5.92 Å². The smallest absolute Gasteiger partial charge is 0.0265 e. The van der Waals surface area contributed by atoms with Gasteiger partial charge < -0.3 is 0 Å². The summed E-state index contributed by atoms with van der Waals surface area (Å²) in [5, 5.41) is 0. The molecular formula is C30H60. The van der Waals surface area contributed by atoms with Crippen LogP contribution >= 0.6 is 0 Å². The highest BCUT2D eigenvalue weighted by molar-refractivity contribution is 4.74. The molecule has 0 N–H and O–H groups in total. The molecule has 0 saturated carbocycles. The number of allylic oxidation sites excluding steroid dienone is 1. The highest BCUT2D eigenvalue weighted by Gasteiger charge is 2.03. The molecule has 0 rings (SSSR count). The minimum absolute atomic E-state index is 0.708. The summed E-state index contributed by atoms with van der Waals surface area (Å²) in [7, 11) is 0. The van der Waals surface area contributed by atoms with Gasteiger partial charge in [-0.2, -0.15) is 0 Å². The lowest BCUT2D eigenvalue weighted by Crippen LogP contribution is -1.95. The average Bonchev–Trinajstić information content (AvgIpc) is 2.75. The summed E-state index contributed by atoms with van der Waals surface area (Å²) in [6.45, 7) is 10.9. The van der Waals surface area contributed by atoms with Crippen molar-refractivity contribution in [1.29, 1.82) is 0 Å². The van der Waals surface area contributed by atoms with E-state index in [9.17, 15) is 0 Å². The van der Waals surface area contributed by atoms with Crippen molar-refractivity contribution in [2.75, 3.05) is 0 Å². The van der Waals surface area contributed by atoms with Crippen molar-refractivity contribution in [3.63, 3.8) is 0 Å². The number of rotatable bonds is 25. The van der Waals surface area contributed by atoms with Crippen LogP contribution in [0.4, 0.5) is 0 Å². The predicted molar refractivity (Wildman–Crippen MR) is 140 cm³/mol. The first-order chi connectivity index (χ1) is 14.7. The van der Waals surface area contributed by atoms with Crippen molar-refractivity contribution < 1.29 is 0 Å². The zero-order valence-electron chi connectivity index (χ0n) is 21.7. The molecule has 0 aromatic heterocycles. The molecule has 180 valence electrons. The standard InChI is InChI=1S/C30H60/c1-5-7-8-9-10-11-12-13-14-15-16-17-18-20-24-27-30(4)28-25-22-19-21-23-26-29(3)6-2/h6,29-30H,2,5,7-28H2,1,3-4H3/t29-,30-/m1/s1. The zero-order chi connectivity index (χ0) is 22.1. The summed E-state index contributed by atoms with van der Waals surface area (Å²) in [5.41, 5.74) is 0. The van der Waals surface area contributed by atoms with Gasteiger partial charge >= 0.3 is 0 Å². The number of hydrogen-bond acceptors (Lipinski definition) is 0. The second-order valence-corrected chi connectivity index (χ2v) is 10.4. The Kier molecular flexibility index (Phi) is 24.8. The van der Waals surface area contributed by atoms with E-state index in [1.165, 1.54) is 148 Å². The topological polar surface area (TPSA) is 0 Å². The van der Waals surface area contributed by atoms with Gasteiger partial charge in [-0.1, -0.05) is 168 Å². The van der Waals surface area contributed by atoms with Gasteiger partial charge in [-0.15, -0.1) is 6.58 Å². The van der Waals surface area contributed by atoms with Crippen LogP contribution in [0.2, 0.25) is 0 Å². The molecule has 0 amide bonds. The van der Waals surface area contributed by atoms with Crippen LogP contribution < -0.4 is 0 Å². The summed E-state index contributed by atoms with van der Waals surface area (Å²) in [6, 6.07) is 0. The lowest BCUT2D eigenvalue weighted by molar-refractivity contribution is 0.429. The van der Waals surface area contributed by atoms with Crippen LogP contribution in [-0.4, -0.2) is 0 Å². The second-order valence-electron chi connectivity index (χ2n) is 10.4. The summed E-state index contributed by atoms with van der Waals surface area (Å²) >= 11 is 0. The molecule has 30 heavy (non-hydrogen) atoms. The van der Waals surface area contributed by atoms with Crippen LogP contribution in [0.1, 0.15) is 168 Å². The Balaban J connectivity index is 3.16. The highest BCUT2D eigenvalue weighted by Crippen LogP contribution is 2.19. The van der Waals surface area contributed by atoms with Gasteiger partial charge in [-0.25, -0.2) is 0 Å². The predicted octanol–water partition coefficient (Wildman–Crippen LogP) is 11.4. The summed E-state index contributed by atoms with van der Waals surface area (Å²) < 4.78 is 0. The fourth-order valence-corrected chi connectivity index (χ4v) is 4.62. The molecule has 0 saturated heterocycles. The van der Waals surface area contributed by atoms with Crippen molar-refractivity contribution in [1.82, 2.24) is 0 Å². The lowest BCUT2D eigenvalue weighted by atomic mass is 9.95. The summed E-state index contributed by atoms with van der Waals surface area (Å²) in [4.78, 5) is 0. The van der Waals surface area contributed by atoms with Crippen molar-refractivity contribution in [2.24, 2.45) is 11.8 Å². The van der Waals surface area contributed by atoms with Crippen LogP contribution in [0.5, 0.6) is 0 Å². The maximum absolute atomic E-state index is 3.88. The first-order valence-corrected chi connectivity index (χ1v) is 14.3. The molecular weight excluding hydrogens is 360 g/mol. The summed E-state index contributed by atoms with van der Waals surface area (Å²) in [5.74, 6) is 1.66. The third-order valence-electron chi connectivity index (χ3n) is 7.06. The first-order valence-electron chi connectivity index (χ1n) is 14.3. The minimum atomic E-state index is 0.708. The molecule has 0 radical (unpaired) electrons. The Morgan fingerprint density at radius 1 is 0.467 bits per heavy atom. The van der Waals surface area contributed by atoms with Gasteiger partial charge in [0.1, 0.15) is 0 Å². The molecule has 0 aromatic carbocycles. The van der Waals surface area contributed by atoms with Gasteiger partial charge in [0.25, 0.3) is 0 Å². The molecule has 0 unspecified atom stereocenters. The van der Waals surface area contributed by atoms with E-state index in [-0.39, 0.29) is 0 Å². The minimum Gasteiger partial charge on any atom is -0.103 e. The maximum Gasteiger partial charge on any atom is -0.0265 e. The quantitative estimate of drug-likeness (QED) is 0.102. The highest BCUT2D eigenvalue weighted by atomic mass is 14.1. The van der Waals surface area contributed by atoms with Gasteiger partial charge in [0, 0.05) is 0 Å².